The van der Waals surface area contributed by atoms with Gasteiger partial charge >= 0.3 is 0 Å². The lowest BCUT2D eigenvalue weighted by Crippen LogP contribution is -2.35. The molecule has 1 atom stereocenters. The van der Waals surface area contributed by atoms with Gasteiger partial charge in [0.1, 0.15) is 17.3 Å². The maximum absolute atomic E-state index is 13.0. The minimum atomic E-state index is -0.748. The van der Waals surface area contributed by atoms with Crippen LogP contribution in [0.15, 0.2) is 54.1 Å². The summed E-state index contributed by atoms with van der Waals surface area (Å²) in [4.78, 5) is 29.4. The summed E-state index contributed by atoms with van der Waals surface area (Å²) >= 11 is 0. The monoisotopic (exact) mass is 424 g/mol. The van der Waals surface area contributed by atoms with Gasteiger partial charge < -0.3 is 24.4 Å². The van der Waals surface area contributed by atoms with Crippen LogP contribution in [0, 0.1) is 0 Å². The van der Waals surface area contributed by atoms with E-state index in [0.29, 0.717) is 42.3 Å². The number of methoxy groups -OCH3 is 1. The Kier molecular flexibility index (Phi) is 6.97. The first-order valence-electron chi connectivity index (χ1n) is 10.2. The van der Waals surface area contributed by atoms with Crippen molar-refractivity contribution < 1.29 is 24.2 Å². The Bertz CT molecular complexity index is 982. The smallest absolute Gasteiger partial charge is 0.295 e. The second-order valence-corrected chi connectivity index (χ2v) is 7.50. The third-order valence-corrected chi connectivity index (χ3v) is 5.20. The van der Waals surface area contributed by atoms with Crippen LogP contribution in [-0.4, -0.2) is 67.5 Å². The third-order valence-electron chi connectivity index (χ3n) is 5.20. The number of benzene rings is 2. The van der Waals surface area contributed by atoms with Gasteiger partial charge in [-0.1, -0.05) is 18.2 Å². The number of hydrogen-bond acceptors (Lipinski definition) is 6. The van der Waals surface area contributed by atoms with E-state index in [-0.39, 0.29) is 11.3 Å². The lowest BCUT2D eigenvalue weighted by molar-refractivity contribution is -0.140. The fourth-order valence-corrected chi connectivity index (χ4v) is 3.67. The summed E-state index contributed by atoms with van der Waals surface area (Å²) in [6.45, 7) is 3.31. The standard InChI is InChI=1S/C24H28N2O5/c1-5-31-17-12-10-16(11-13-17)22(27)20-21(18-8-6-7-9-19(18)30-4)26(15-14-25(2)3)24(29)23(20)28/h6-13,21,27H,5,14-15H2,1-4H3/b22-20-. The average molecular weight is 424 g/mol. The van der Waals surface area contributed by atoms with E-state index in [2.05, 4.69) is 0 Å². The van der Waals surface area contributed by atoms with Crippen molar-refractivity contribution in [2.45, 2.75) is 13.0 Å². The van der Waals surface area contributed by atoms with Crippen LogP contribution in [0.25, 0.3) is 5.76 Å². The van der Waals surface area contributed by atoms with E-state index < -0.39 is 17.7 Å². The molecule has 7 heteroatoms. The van der Waals surface area contributed by atoms with E-state index >= 15 is 0 Å². The first kappa shape index (κ1) is 22.4. The highest BCUT2D eigenvalue weighted by molar-refractivity contribution is 6.46. The fraction of sp³-hybridized carbons (Fsp3) is 0.333. The molecule has 2 aromatic rings. The van der Waals surface area contributed by atoms with E-state index in [4.69, 9.17) is 9.47 Å². The summed E-state index contributed by atoms with van der Waals surface area (Å²) in [7, 11) is 5.33. The summed E-state index contributed by atoms with van der Waals surface area (Å²) in [5.41, 5.74) is 1.14. The summed E-state index contributed by atoms with van der Waals surface area (Å²) in [5.74, 6) is -0.357. The summed E-state index contributed by atoms with van der Waals surface area (Å²) in [5, 5.41) is 11.1. The number of rotatable bonds is 8. The Morgan fingerprint density at radius 3 is 2.39 bits per heavy atom. The Labute approximate surface area is 182 Å². The van der Waals surface area contributed by atoms with Crippen LogP contribution < -0.4 is 9.47 Å². The Balaban J connectivity index is 2.14. The van der Waals surface area contributed by atoms with Gasteiger partial charge in [-0.2, -0.15) is 0 Å². The van der Waals surface area contributed by atoms with Crippen molar-refractivity contribution in [1.82, 2.24) is 9.80 Å². The molecule has 2 aromatic carbocycles. The highest BCUT2D eigenvalue weighted by atomic mass is 16.5. The first-order chi connectivity index (χ1) is 14.9. The third kappa shape index (κ3) is 4.56. The molecular weight excluding hydrogens is 396 g/mol. The predicted molar refractivity (Wildman–Crippen MR) is 118 cm³/mol. The molecule has 164 valence electrons. The van der Waals surface area contributed by atoms with Crippen molar-refractivity contribution in [2.75, 3.05) is 40.9 Å². The lowest BCUT2D eigenvalue weighted by atomic mass is 9.94. The molecule has 0 spiro atoms. The zero-order valence-corrected chi connectivity index (χ0v) is 18.3. The van der Waals surface area contributed by atoms with Gasteiger partial charge in [0, 0.05) is 24.2 Å². The highest BCUT2D eigenvalue weighted by Crippen LogP contribution is 2.42. The van der Waals surface area contributed by atoms with Crippen LogP contribution in [-0.2, 0) is 9.59 Å². The van der Waals surface area contributed by atoms with Gasteiger partial charge in [-0.05, 0) is 51.4 Å². The molecule has 1 aliphatic heterocycles. The Morgan fingerprint density at radius 1 is 1.10 bits per heavy atom. The molecule has 7 nitrogen and oxygen atoms in total. The van der Waals surface area contributed by atoms with E-state index in [0.717, 1.165) is 0 Å². The molecule has 1 N–H and O–H groups in total. The second-order valence-electron chi connectivity index (χ2n) is 7.50. The zero-order valence-electron chi connectivity index (χ0n) is 18.3. The molecule has 1 aliphatic rings. The number of amides is 1. The summed E-state index contributed by atoms with van der Waals surface area (Å²) in [6, 6.07) is 13.3. The van der Waals surface area contributed by atoms with Gasteiger partial charge in [-0.25, -0.2) is 0 Å². The molecule has 31 heavy (non-hydrogen) atoms. The first-order valence-corrected chi connectivity index (χ1v) is 10.2. The van der Waals surface area contributed by atoms with Gasteiger partial charge in [0.05, 0.1) is 25.3 Å². The Morgan fingerprint density at radius 2 is 1.77 bits per heavy atom. The SMILES string of the molecule is CCOc1ccc(/C(O)=C2/C(=O)C(=O)N(CCN(C)C)C2c2ccccc2OC)cc1. The van der Waals surface area contributed by atoms with E-state index in [9.17, 15) is 14.7 Å². The molecule has 0 radical (unpaired) electrons. The molecule has 0 aromatic heterocycles. The number of Topliss-reactive ketones (excluding diaryl/α,β-unsaturated/α-hetero) is 1. The van der Waals surface area contributed by atoms with E-state index in [1.165, 1.54) is 12.0 Å². The second kappa shape index (κ2) is 9.66. The van der Waals surface area contributed by atoms with E-state index in [1.54, 1.807) is 30.3 Å². The number of nitrogens with zero attached hydrogens (tertiary/aromatic N) is 2. The number of aliphatic hydroxyl groups is 1. The fourth-order valence-electron chi connectivity index (χ4n) is 3.67. The molecule has 1 fully saturated rings. The zero-order chi connectivity index (χ0) is 22.5. The van der Waals surface area contributed by atoms with Crippen LogP contribution in [0.1, 0.15) is 24.1 Å². The van der Waals surface area contributed by atoms with Crippen LogP contribution in [0.4, 0.5) is 0 Å². The number of ether oxygens (including phenoxy) is 2. The number of aliphatic hydroxyl groups excluding tert-OH is 1. The van der Waals surface area contributed by atoms with Crippen molar-refractivity contribution in [3.05, 3.63) is 65.2 Å². The molecule has 1 saturated heterocycles. The van der Waals surface area contributed by atoms with Crippen molar-refractivity contribution in [1.29, 1.82) is 0 Å². The summed E-state index contributed by atoms with van der Waals surface area (Å²) in [6.07, 6.45) is 0. The van der Waals surface area contributed by atoms with Gasteiger partial charge in [-0.15, -0.1) is 0 Å². The highest BCUT2D eigenvalue weighted by Gasteiger charge is 2.46. The topological polar surface area (TPSA) is 79.3 Å². The van der Waals surface area contributed by atoms with Gasteiger partial charge in [0.25, 0.3) is 11.7 Å². The quantitative estimate of drug-likeness (QED) is 0.399. The molecule has 1 heterocycles. The van der Waals surface area contributed by atoms with Crippen LogP contribution >= 0.6 is 0 Å². The minimum Gasteiger partial charge on any atom is -0.507 e. The average Bonchev–Trinajstić information content (AvgIpc) is 3.02. The van der Waals surface area contributed by atoms with Crippen LogP contribution in [0.3, 0.4) is 0 Å². The predicted octanol–water partition coefficient (Wildman–Crippen LogP) is 3.08. The van der Waals surface area contributed by atoms with Gasteiger partial charge in [-0.3, -0.25) is 9.59 Å². The summed E-state index contributed by atoms with van der Waals surface area (Å²) < 4.78 is 10.9. The largest absolute Gasteiger partial charge is 0.507 e. The van der Waals surface area contributed by atoms with Crippen molar-refractivity contribution >= 4 is 17.4 Å². The van der Waals surface area contributed by atoms with Gasteiger partial charge in [0.15, 0.2) is 0 Å². The normalized spacial score (nSPS) is 18.0. The number of ketones is 1. The lowest BCUT2D eigenvalue weighted by Gasteiger charge is -2.27. The molecule has 1 amide bonds. The number of para-hydroxylation sites is 1. The number of likely N-dealkylation sites (N-methyl/N-ethyl adjacent to an activating group) is 1. The maximum Gasteiger partial charge on any atom is 0.295 e. The Hall–Kier alpha value is -3.32. The molecule has 3 rings (SSSR count). The maximum atomic E-state index is 13.0. The van der Waals surface area contributed by atoms with Gasteiger partial charge in [0.2, 0.25) is 0 Å². The number of likely N-dealkylation sites (tertiary alicyclic amines) is 1. The van der Waals surface area contributed by atoms with Crippen molar-refractivity contribution in [3.63, 3.8) is 0 Å². The minimum absolute atomic E-state index is 0.0532. The molecule has 0 saturated carbocycles. The van der Waals surface area contributed by atoms with Crippen LogP contribution in [0.5, 0.6) is 11.5 Å². The van der Waals surface area contributed by atoms with Crippen LogP contribution in [0.2, 0.25) is 0 Å². The number of carbonyl (C=O) groups is 2. The van der Waals surface area contributed by atoms with Crippen molar-refractivity contribution in [2.24, 2.45) is 0 Å². The molecule has 0 bridgehead atoms. The molecule has 0 aliphatic carbocycles. The molecular formula is C24H28N2O5. The number of hydrogen-bond donors (Lipinski definition) is 1. The van der Waals surface area contributed by atoms with E-state index in [1.807, 2.05) is 44.1 Å². The number of carbonyl (C=O) groups excluding carboxylic acids is 2. The van der Waals surface area contributed by atoms with Crippen molar-refractivity contribution in [3.8, 4) is 11.5 Å². The molecule has 1 unspecified atom stereocenters.